The highest BCUT2D eigenvalue weighted by atomic mass is 79.9. The van der Waals surface area contributed by atoms with Gasteiger partial charge in [0.15, 0.2) is 0 Å². The first-order chi connectivity index (χ1) is 13.3. The van der Waals surface area contributed by atoms with Crippen molar-refractivity contribution in [2.24, 2.45) is 0 Å². The largest absolute Gasteiger partial charge is 0.344 e. The van der Waals surface area contributed by atoms with E-state index < -0.39 is 35.8 Å². The molecular formula is C19H17BrN4O4. The number of nitrogens with zero attached hydrogens (tertiary/aromatic N) is 1. The van der Waals surface area contributed by atoms with Gasteiger partial charge in [0.25, 0.3) is 17.7 Å². The minimum Gasteiger partial charge on any atom is -0.343 e. The second-order valence-electron chi connectivity index (χ2n) is 6.29. The monoisotopic (exact) mass is 444 g/mol. The number of nitrogens with one attached hydrogen (secondary N) is 3. The van der Waals surface area contributed by atoms with Crippen LogP contribution in [-0.2, 0) is 15.1 Å². The molecule has 0 bridgehead atoms. The molecule has 0 aliphatic carbocycles. The van der Waals surface area contributed by atoms with Crippen LogP contribution in [0.5, 0.6) is 0 Å². The maximum atomic E-state index is 12.7. The van der Waals surface area contributed by atoms with E-state index in [-0.39, 0.29) is 0 Å². The van der Waals surface area contributed by atoms with Crippen LogP contribution in [0.2, 0.25) is 0 Å². The zero-order valence-corrected chi connectivity index (χ0v) is 16.4. The number of benzene rings is 2. The van der Waals surface area contributed by atoms with Crippen molar-refractivity contribution in [2.45, 2.75) is 12.5 Å². The molecule has 0 spiro atoms. The maximum absolute atomic E-state index is 12.7. The number of halogens is 1. The summed E-state index contributed by atoms with van der Waals surface area (Å²) in [5.74, 6) is -1.78. The van der Waals surface area contributed by atoms with E-state index in [4.69, 9.17) is 0 Å². The summed E-state index contributed by atoms with van der Waals surface area (Å²) in [5.41, 5.74) is 1.90. The van der Waals surface area contributed by atoms with Gasteiger partial charge in [-0.1, -0.05) is 52.3 Å². The van der Waals surface area contributed by atoms with Gasteiger partial charge in [-0.05, 0) is 30.7 Å². The topological polar surface area (TPSA) is 108 Å². The van der Waals surface area contributed by atoms with E-state index in [1.165, 1.54) is 0 Å². The van der Waals surface area contributed by atoms with Gasteiger partial charge in [0.1, 0.15) is 5.54 Å². The molecule has 5 amide bonds. The Labute approximate surface area is 169 Å². The Kier molecular flexibility index (Phi) is 5.46. The summed E-state index contributed by atoms with van der Waals surface area (Å²) in [6, 6.07) is 14.6. The smallest absolute Gasteiger partial charge is 0.343 e. The van der Waals surface area contributed by atoms with Gasteiger partial charge < -0.3 is 10.6 Å². The van der Waals surface area contributed by atoms with E-state index in [0.717, 1.165) is 4.47 Å². The van der Waals surface area contributed by atoms with E-state index in [9.17, 15) is 19.2 Å². The lowest BCUT2D eigenvalue weighted by molar-refractivity contribution is -0.138. The van der Waals surface area contributed by atoms with Crippen molar-refractivity contribution < 1.29 is 19.2 Å². The molecule has 0 unspecified atom stereocenters. The molecule has 1 saturated heterocycles. The van der Waals surface area contributed by atoms with Crippen LogP contribution in [0, 0.1) is 0 Å². The molecule has 1 aliphatic heterocycles. The number of urea groups is 1. The number of rotatable bonds is 5. The molecule has 0 radical (unpaired) electrons. The maximum Gasteiger partial charge on any atom is 0.344 e. The van der Waals surface area contributed by atoms with Gasteiger partial charge in [-0.15, -0.1) is 0 Å². The van der Waals surface area contributed by atoms with Crippen molar-refractivity contribution in [3.05, 3.63) is 70.2 Å². The molecule has 1 atom stereocenters. The molecule has 0 saturated carbocycles. The minimum atomic E-state index is -1.29. The third-order valence-electron chi connectivity index (χ3n) is 4.27. The highest BCUT2D eigenvalue weighted by Crippen LogP contribution is 2.27. The molecule has 3 N–H and O–H groups in total. The first kappa shape index (κ1) is 19.6. The predicted octanol–water partition coefficient (Wildman–Crippen LogP) is 1.68. The van der Waals surface area contributed by atoms with Crippen LogP contribution in [0.1, 0.15) is 22.8 Å². The van der Waals surface area contributed by atoms with Crippen LogP contribution >= 0.6 is 15.9 Å². The molecule has 144 valence electrons. The lowest BCUT2D eigenvalue weighted by Gasteiger charge is -2.22. The van der Waals surface area contributed by atoms with Gasteiger partial charge in [-0.25, -0.2) is 4.79 Å². The number of hydrazine groups is 1. The number of hydrogen-bond donors (Lipinski definition) is 3. The second-order valence-corrected chi connectivity index (χ2v) is 7.21. The molecule has 8 nitrogen and oxygen atoms in total. The fraction of sp³-hybridized carbons (Fsp3) is 0.158. The predicted molar refractivity (Wildman–Crippen MR) is 104 cm³/mol. The van der Waals surface area contributed by atoms with E-state index in [1.807, 2.05) is 0 Å². The van der Waals surface area contributed by atoms with Crippen LogP contribution in [0.25, 0.3) is 0 Å². The Morgan fingerprint density at radius 3 is 2.50 bits per heavy atom. The zero-order valence-electron chi connectivity index (χ0n) is 14.9. The first-order valence-electron chi connectivity index (χ1n) is 8.37. The van der Waals surface area contributed by atoms with Gasteiger partial charge in [0, 0.05) is 10.0 Å². The normalized spacial score (nSPS) is 18.6. The molecule has 2 aromatic carbocycles. The lowest BCUT2D eigenvalue weighted by atomic mass is 9.92. The summed E-state index contributed by atoms with van der Waals surface area (Å²) in [4.78, 5) is 49.1. The summed E-state index contributed by atoms with van der Waals surface area (Å²) in [5, 5.41) is 5.64. The van der Waals surface area contributed by atoms with E-state index in [2.05, 4.69) is 32.0 Å². The lowest BCUT2D eigenvalue weighted by Crippen LogP contribution is -2.50. The Morgan fingerprint density at radius 1 is 1.11 bits per heavy atom. The fourth-order valence-corrected chi connectivity index (χ4v) is 3.16. The van der Waals surface area contributed by atoms with Crippen molar-refractivity contribution in [3.63, 3.8) is 0 Å². The van der Waals surface area contributed by atoms with Gasteiger partial charge >= 0.3 is 6.03 Å². The summed E-state index contributed by atoms with van der Waals surface area (Å²) in [6.07, 6.45) is 0. The van der Waals surface area contributed by atoms with Gasteiger partial charge in [0.05, 0.1) is 6.54 Å². The number of carbonyl (C=O) groups is 4. The van der Waals surface area contributed by atoms with E-state index in [0.29, 0.717) is 16.1 Å². The summed E-state index contributed by atoms with van der Waals surface area (Å²) in [7, 11) is 0. The molecular weight excluding hydrogens is 428 g/mol. The molecule has 1 heterocycles. The number of carbonyl (C=O) groups excluding carboxylic acids is 4. The SMILES string of the molecule is C[C@]1(c2ccccc2)NC(=O)N(NC(=O)CNC(=O)c2cccc(Br)c2)C1=O. The molecule has 3 rings (SSSR count). The molecule has 1 aliphatic rings. The Hall–Kier alpha value is -3.20. The zero-order chi connectivity index (χ0) is 20.3. The van der Waals surface area contributed by atoms with Gasteiger partial charge in [-0.2, -0.15) is 5.01 Å². The Morgan fingerprint density at radius 2 is 1.82 bits per heavy atom. The summed E-state index contributed by atoms with van der Waals surface area (Å²) in [6.45, 7) is 1.16. The van der Waals surface area contributed by atoms with Crippen LogP contribution in [0.15, 0.2) is 59.1 Å². The van der Waals surface area contributed by atoms with Crippen molar-refractivity contribution in [1.82, 2.24) is 21.1 Å². The second kappa shape index (κ2) is 7.81. The third kappa shape index (κ3) is 3.89. The van der Waals surface area contributed by atoms with Gasteiger partial charge in [-0.3, -0.25) is 19.8 Å². The summed E-state index contributed by atoms with van der Waals surface area (Å²) >= 11 is 3.26. The standard InChI is InChI=1S/C19H17BrN4O4/c1-19(13-7-3-2-4-8-13)17(27)24(18(28)22-19)23-15(25)11-21-16(26)12-6-5-9-14(20)10-12/h2-10H,11H2,1H3,(H,21,26)(H,22,28)(H,23,25)/t19-/m1/s1. The minimum absolute atomic E-state index is 0.369. The van der Waals surface area contributed by atoms with Crippen LogP contribution in [0.3, 0.4) is 0 Å². The van der Waals surface area contributed by atoms with Crippen LogP contribution < -0.4 is 16.1 Å². The van der Waals surface area contributed by atoms with Crippen molar-refractivity contribution in [2.75, 3.05) is 6.54 Å². The van der Waals surface area contributed by atoms with E-state index >= 15 is 0 Å². The van der Waals surface area contributed by atoms with E-state index in [1.54, 1.807) is 61.5 Å². The quantitative estimate of drug-likeness (QED) is 0.609. The highest BCUT2D eigenvalue weighted by Gasteiger charge is 2.49. The summed E-state index contributed by atoms with van der Waals surface area (Å²) < 4.78 is 0.726. The van der Waals surface area contributed by atoms with Crippen molar-refractivity contribution in [1.29, 1.82) is 0 Å². The molecule has 9 heteroatoms. The Balaban J connectivity index is 1.62. The molecule has 2 aromatic rings. The molecule has 1 fully saturated rings. The number of hydrogen-bond acceptors (Lipinski definition) is 4. The molecule has 0 aromatic heterocycles. The highest BCUT2D eigenvalue weighted by molar-refractivity contribution is 9.10. The number of amides is 5. The average molecular weight is 445 g/mol. The Bertz CT molecular complexity index is 950. The van der Waals surface area contributed by atoms with Crippen LogP contribution in [0.4, 0.5) is 4.79 Å². The average Bonchev–Trinajstić information content (AvgIpc) is 2.91. The molecule has 28 heavy (non-hydrogen) atoms. The van der Waals surface area contributed by atoms with Crippen LogP contribution in [-0.4, -0.2) is 35.3 Å². The third-order valence-corrected chi connectivity index (χ3v) is 4.77. The fourth-order valence-electron chi connectivity index (χ4n) is 2.76. The van der Waals surface area contributed by atoms with Crippen molar-refractivity contribution >= 4 is 39.7 Å². The van der Waals surface area contributed by atoms with Gasteiger partial charge in [0.2, 0.25) is 0 Å². The number of imide groups is 1. The van der Waals surface area contributed by atoms with Crippen molar-refractivity contribution in [3.8, 4) is 0 Å². The first-order valence-corrected chi connectivity index (χ1v) is 9.16.